The van der Waals surface area contributed by atoms with Crippen molar-refractivity contribution in [1.29, 1.82) is 0 Å². The van der Waals surface area contributed by atoms with Crippen molar-refractivity contribution < 1.29 is 14.3 Å². The number of piperidine rings is 1. The molecule has 36 heavy (non-hydrogen) atoms. The fraction of sp³-hybridized carbons (Fsp3) is 0.467. The maximum absolute atomic E-state index is 13.5. The van der Waals surface area contributed by atoms with Crippen LogP contribution in [-0.4, -0.2) is 44.7 Å². The number of carbonyl (C=O) groups excluding carboxylic acids is 1. The van der Waals surface area contributed by atoms with Crippen molar-refractivity contribution in [3.8, 4) is 11.1 Å². The molecule has 0 radical (unpaired) electrons. The van der Waals surface area contributed by atoms with Crippen molar-refractivity contribution in [2.24, 2.45) is 11.8 Å². The highest BCUT2D eigenvalue weighted by Crippen LogP contribution is 2.34. The predicted molar refractivity (Wildman–Crippen MR) is 139 cm³/mol. The molecule has 6 heteroatoms. The van der Waals surface area contributed by atoms with E-state index in [0.717, 1.165) is 74.2 Å². The van der Waals surface area contributed by atoms with Crippen LogP contribution in [0.25, 0.3) is 11.1 Å². The molecule has 0 spiro atoms. The van der Waals surface area contributed by atoms with E-state index >= 15 is 0 Å². The number of benzene rings is 2. The van der Waals surface area contributed by atoms with Gasteiger partial charge in [0.25, 0.3) is 5.91 Å². The minimum Gasteiger partial charge on any atom is -0.393 e. The molecule has 3 aromatic rings. The number of aliphatic hydroxyl groups is 1. The lowest BCUT2D eigenvalue weighted by atomic mass is 9.79. The highest BCUT2D eigenvalue weighted by Gasteiger charge is 2.29. The number of hydrogen-bond acceptors (Lipinski definition) is 3. The minimum absolute atomic E-state index is 0.0397. The Morgan fingerprint density at radius 2 is 1.67 bits per heavy atom. The van der Waals surface area contributed by atoms with Gasteiger partial charge in [-0.3, -0.25) is 4.79 Å². The Kier molecular flexibility index (Phi) is 7.51. The predicted octanol–water partition coefficient (Wildman–Crippen LogP) is 6.09. The third-order valence-electron chi connectivity index (χ3n) is 8.25. The molecule has 2 fully saturated rings. The molecule has 2 heterocycles. The van der Waals surface area contributed by atoms with Gasteiger partial charge in [0.2, 0.25) is 0 Å². The average Bonchev–Trinajstić information content (AvgIpc) is 3.40. The molecule has 1 saturated heterocycles. The van der Waals surface area contributed by atoms with Crippen molar-refractivity contribution in [3.05, 3.63) is 78.1 Å². The van der Waals surface area contributed by atoms with E-state index in [4.69, 9.17) is 0 Å². The van der Waals surface area contributed by atoms with Crippen LogP contribution in [-0.2, 0) is 0 Å². The molecule has 1 aromatic heterocycles. The SMILES string of the molecule is C[C@@H](c1ccccc1-c1ccc(F)cc1)n1cncc1C(=O)N1CCC(CC2CCC(O)CC2)CC1. The zero-order valence-corrected chi connectivity index (χ0v) is 21.0. The van der Waals surface area contributed by atoms with E-state index in [0.29, 0.717) is 11.6 Å². The zero-order chi connectivity index (χ0) is 25.1. The van der Waals surface area contributed by atoms with Crippen LogP contribution in [0.1, 0.15) is 74.0 Å². The highest BCUT2D eigenvalue weighted by atomic mass is 19.1. The molecule has 5 rings (SSSR count). The smallest absolute Gasteiger partial charge is 0.272 e. The van der Waals surface area contributed by atoms with E-state index in [-0.39, 0.29) is 23.9 Å². The average molecular weight is 490 g/mol. The highest BCUT2D eigenvalue weighted by molar-refractivity contribution is 5.92. The number of hydrogen-bond donors (Lipinski definition) is 1. The van der Waals surface area contributed by atoms with Gasteiger partial charge in [-0.15, -0.1) is 0 Å². The number of aromatic nitrogens is 2. The molecule has 190 valence electrons. The lowest BCUT2D eigenvalue weighted by Gasteiger charge is -2.35. The Balaban J connectivity index is 1.26. The van der Waals surface area contributed by atoms with Crippen LogP contribution >= 0.6 is 0 Å². The summed E-state index contributed by atoms with van der Waals surface area (Å²) >= 11 is 0. The number of imidazole rings is 1. The molecule has 1 saturated carbocycles. The van der Waals surface area contributed by atoms with Gasteiger partial charge in [0.15, 0.2) is 0 Å². The van der Waals surface area contributed by atoms with Crippen LogP contribution in [0.5, 0.6) is 0 Å². The molecule has 2 aromatic carbocycles. The summed E-state index contributed by atoms with van der Waals surface area (Å²) < 4.78 is 15.5. The second-order valence-electron chi connectivity index (χ2n) is 10.6. The summed E-state index contributed by atoms with van der Waals surface area (Å²) in [4.78, 5) is 19.9. The summed E-state index contributed by atoms with van der Waals surface area (Å²) in [6.45, 7) is 3.64. The van der Waals surface area contributed by atoms with Gasteiger partial charge in [0.1, 0.15) is 11.5 Å². The van der Waals surface area contributed by atoms with Gasteiger partial charge in [0.05, 0.1) is 24.7 Å². The van der Waals surface area contributed by atoms with E-state index in [9.17, 15) is 14.3 Å². The summed E-state index contributed by atoms with van der Waals surface area (Å²) in [7, 11) is 0. The Morgan fingerprint density at radius 3 is 2.39 bits per heavy atom. The Morgan fingerprint density at radius 1 is 1.00 bits per heavy atom. The van der Waals surface area contributed by atoms with Gasteiger partial charge in [-0.05, 0) is 92.5 Å². The first kappa shape index (κ1) is 24.7. The standard InChI is InChI=1S/C30H36FN3O2/c1-21(27-4-2-3-5-28(27)24-8-10-25(31)11-9-24)34-20-32-19-29(34)30(36)33-16-14-23(15-17-33)18-22-6-12-26(35)13-7-22/h2-5,8-11,19-23,26,35H,6-7,12-18H2,1H3/t21-,22?,26?/m0/s1. The van der Waals surface area contributed by atoms with Gasteiger partial charge >= 0.3 is 0 Å². The second kappa shape index (κ2) is 11.0. The summed E-state index contributed by atoms with van der Waals surface area (Å²) in [5.41, 5.74) is 3.64. The van der Waals surface area contributed by atoms with Gasteiger partial charge in [-0.25, -0.2) is 9.37 Å². The molecule has 1 aliphatic heterocycles. The fourth-order valence-electron chi connectivity index (χ4n) is 6.07. The van der Waals surface area contributed by atoms with Crippen LogP contribution in [0.15, 0.2) is 61.1 Å². The van der Waals surface area contributed by atoms with E-state index in [2.05, 4.69) is 18.0 Å². The molecule has 1 amide bonds. The third-order valence-corrected chi connectivity index (χ3v) is 8.25. The number of rotatable bonds is 6. The van der Waals surface area contributed by atoms with E-state index in [1.165, 1.54) is 18.6 Å². The molecule has 0 unspecified atom stereocenters. The largest absolute Gasteiger partial charge is 0.393 e. The molecular formula is C30H36FN3O2. The van der Waals surface area contributed by atoms with E-state index in [1.807, 2.05) is 27.7 Å². The van der Waals surface area contributed by atoms with Crippen LogP contribution < -0.4 is 0 Å². The van der Waals surface area contributed by atoms with Crippen LogP contribution in [0.2, 0.25) is 0 Å². The molecule has 0 bridgehead atoms. The maximum atomic E-state index is 13.5. The number of likely N-dealkylation sites (tertiary alicyclic amines) is 1. The van der Waals surface area contributed by atoms with Crippen molar-refractivity contribution in [1.82, 2.24) is 14.5 Å². The van der Waals surface area contributed by atoms with Crippen molar-refractivity contribution in [2.75, 3.05) is 13.1 Å². The first-order valence-electron chi connectivity index (χ1n) is 13.3. The molecule has 1 aliphatic carbocycles. The fourth-order valence-corrected chi connectivity index (χ4v) is 6.07. The van der Waals surface area contributed by atoms with Crippen LogP contribution in [0.4, 0.5) is 4.39 Å². The van der Waals surface area contributed by atoms with Crippen LogP contribution in [0.3, 0.4) is 0 Å². The lowest BCUT2D eigenvalue weighted by Crippen LogP contribution is -2.40. The summed E-state index contributed by atoms with van der Waals surface area (Å²) in [5.74, 6) is 1.18. The third kappa shape index (κ3) is 5.39. The first-order chi connectivity index (χ1) is 17.5. The van der Waals surface area contributed by atoms with Gasteiger partial charge in [-0.2, -0.15) is 0 Å². The van der Waals surface area contributed by atoms with E-state index < -0.39 is 0 Å². The summed E-state index contributed by atoms with van der Waals surface area (Å²) in [5, 5.41) is 9.77. The number of amides is 1. The van der Waals surface area contributed by atoms with Gasteiger partial charge < -0.3 is 14.6 Å². The number of halogens is 1. The monoisotopic (exact) mass is 489 g/mol. The van der Waals surface area contributed by atoms with Gasteiger partial charge in [-0.1, -0.05) is 36.4 Å². The maximum Gasteiger partial charge on any atom is 0.272 e. The quantitative estimate of drug-likeness (QED) is 0.456. The number of aliphatic hydroxyl groups excluding tert-OH is 1. The molecule has 1 N–H and O–H groups in total. The Hall–Kier alpha value is -2.99. The zero-order valence-electron chi connectivity index (χ0n) is 21.0. The molecule has 5 nitrogen and oxygen atoms in total. The van der Waals surface area contributed by atoms with E-state index in [1.54, 1.807) is 24.7 Å². The number of nitrogens with zero attached hydrogens (tertiary/aromatic N) is 3. The molecule has 1 atom stereocenters. The summed E-state index contributed by atoms with van der Waals surface area (Å²) in [6.07, 6.45) is 10.8. The topological polar surface area (TPSA) is 58.4 Å². The van der Waals surface area contributed by atoms with Crippen molar-refractivity contribution in [2.45, 2.75) is 64.0 Å². The second-order valence-corrected chi connectivity index (χ2v) is 10.6. The Labute approximate surface area is 213 Å². The number of carbonyl (C=O) groups is 1. The van der Waals surface area contributed by atoms with Crippen LogP contribution in [0, 0.1) is 17.7 Å². The van der Waals surface area contributed by atoms with Gasteiger partial charge in [0, 0.05) is 13.1 Å². The van der Waals surface area contributed by atoms with Crippen molar-refractivity contribution in [3.63, 3.8) is 0 Å². The minimum atomic E-state index is -0.256. The van der Waals surface area contributed by atoms with Crippen molar-refractivity contribution >= 4 is 5.91 Å². The lowest BCUT2D eigenvalue weighted by molar-refractivity contribution is 0.0639. The first-order valence-corrected chi connectivity index (χ1v) is 13.3. The Bertz CT molecular complexity index is 1160. The molecule has 2 aliphatic rings. The summed E-state index contributed by atoms with van der Waals surface area (Å²) in [6, 6.07) is 14.5. The normalized spacial score (nSPS) is 21.9. The molecular weight excluding hydrogens is 453 g/mol.